The maximum absolute atomic E-state index is 17.1. The van der Waals surface area contributed by atoms with Gasteiger partial charge >= 0.3 is 11.9 Å². The zero-order chi connectivity index (χ0) is 23.9. The van der Waals surface area contributed by atoms with Crippen LogP contribution in [0.5, 0.6) is 0 Å². The number of fused-ring (bicyclic) bond motifs is 5. The molecule has 0 aromatic carbocycles. The largest absolute Gasteiger partial charge is 0.478 e. The Labute approximate surface area is 185 Å². The molecule has 0 heterocycles. The average molecular weight is 452 g/mol. The number of carboxylic acid groups (broad SMARTS) is 1. The lowest BCUT2D eigenvalue weighted by Gasteiger charge is -2.62. The van der Waals surface area contributed by atoms with Gasteiger partial charge in [-0.25, -0.2) is 13.6 Å². The zero-order valence-electron chi connectivity index (χ0n) is 18.7. The van der Waals surface area contributed by atoms with Crippen LogP contribution in [0.4, 0.5) is 8.78 Å². The highest BCUT2D eigenvalue weighted by Gasteiger charge is 2.78. The van der Waals surface area contributed by atoms with Crippen molar-refractivity contribution in [1.29, 1.82) is 0 Å². The third-order valence-corrected chi connectivity index (χ3v) is 9.05. The summed E-state index contributed by atoms with van der Waals surface area (Å²) < 4.78 is 38.1. The van der Waals surface area contributed by atoms with Crippen molar-refractivity contribution in [1.82, 2.24) is 0 Å². The Balaban J connectivity index is 1.87. The Kier molecular flexibility index (Phi) is 5.02. The van der Waals surface area contributed by atoms with Crippen molar-refractivity contribution in [3.63, 3.8) is 0 Å². The first-order valence-corrected chi connectivity index (χ1v) is 11.2. The number of carbonyl (C=O) groups excluding carboxylic acids is 2. The molecular formula is C24H30F2O6. The number of ether oxygens (including phenoxy) is 1. The molecule has 0 aromatic heterocycles. The first-order chi connectivity index (χ1) is 14.8. The normalized spacial score (nSPS) is 49.5. The van der Waals surface area contributed by atoms with Gasteiger partial charge in [0.15, 0.2) is 11.5 Å². The summed E-state index contributed by atoms with van der Waals surface area (Å²) >= 11 is 0. The van der Waals surface area contributed by atoms with Crippen LogP contribution in [0.2, 0.25) is 0 Å². The molecule has 2 N–H and O–H groups in total. The Morgan fingerprint density at radius 3 is 2.50 bits per heavy atom. The van der Waals surface area contributed by atoms with Crippen molar-refractivity contribution >= 4 is 17.7 Å². The summed E-state index contributed by atoms with van der Waals surface area (Å²) in [5, 5.41) is 21.5. The van der Waals surface area contributed by atoms with E-state index < -0.39 is 69.9 Å². The SMILES string of the molecule is CCC(=O)O[C@@]1(C(=O)O)[C@H](C)C[C@H]2[C@@H]3C[C@H](F)C4=CC(=O)C=C[C@]4(C)C3(F)[C@@H](O)C[C@@]21C. The van der Waals surface area contributed by atoms with E-state index in [1.165, 1.54) is 19.1 Å². The number of hydrogen-bond donors (Lipinski definition) is 2. The summed E-state index contributed by atoms with van der Waals surface area (Å²) in [4.78, 5) is 36.7. The number of carboxylic acids is 1. The van der Waals surface area contributed by atoms with Crippen LogP contribution >= 0.6 is 0 Å². The number of halogens is 2. The highest BCUT2D eigenvalue weighted by atomic mass is 19.1. The lowest BCUT2D eigenvalue weighted by Crippen LogP contribution is -2.71. The van der Waals surface area contributed by atoms with E-state index in [9.17, 15) is 24.6 Å². The molecule has 3 saturated carbocycles. The summed E-state index contributed by atoms with van der Waals surface area (Å²) in [6.45, 7) is 6.31. The topological polar surface area (TPSA) is 101 Å². The lowest BCUT2D eigenvalue weighted by atomic mass is 9.44. The third kappa shape index (κ3) is 2.50. The number of ketones is 1. The standard InChI is InChI=1S/C24H30F2O6/c1-5-19(29)32-24(20(30)31)12(2)8-14-15-10-17(25)16-9-13(27)6-7-21(16,3)23(15,26)18(28)11-22(14,24)4/h6-7,9,12,14-15,17-18,28H,5,8,10-11H2,1-4H3,(H,30,31)/t12-,14+,15+,17+,18+,21+,22+,23?,24-/m1/s1. The highest BCUT2D eigenvalue weighted by molar-refractivity contribution is 6.01. The first-order valence-electron chi connectivity index (χ1n) is 11.2. The number of alkyl halides is 2. The summed E-state index contributed by atoms with van der Waals surface area (Å²) in [6.07, 6.45) is 0.0529. The van der Waals surface area contributed by atoms with Gasteiger partial charge in [-0.2, -0.15) is 0 Å². The van der Waals surface area contributed by atoms with Gasteiger partial charge in [0.2, 0.25) is 5.60 Å². The summed E-state index contributed by atoms with van der Waals surface area (Å²) in [5.74, 6) is -4.78. The lowest BCUT2D eigenvalue weighted by molar-refractivity contribution is -0.237. The Hall–Kier alpha value is -2.09. The third-order valence-electron chi connectivity index (χ3n) is 9.05. The van der Waals surface area contributed by atoms with Crippen LogP contribution in [0.3, 0.4) is 0 Å². The van der Waals surface area contributed by atoms with Gasteiger partial charge in [0.1, 0.15) is 6.17 Å². The van der Waals surface area contributed by atoms with Crippen LogP contribution < -0.4 is 0 Å². The van der Waals surface area contributed by atoms with E-state index in [1.807, 2.05) is 0 Å². The second kappa shape index (κ2) is 6.95. The predicted octanol–water partition coefficient (Wildman–Crippen LogP) is 3.33. The number of allylic oxidation sites excluding steroid dienone is 4. The molecule has 0 radical (unpaired) electrons. The number of aliphatic hydroxyl groups is 1. The fourth-order valence-corrected chi connectivity index (χ4v) is 7.49. The van der Waals surface area contributed by atoms with E-state index in [4.69, 9.17) is 4.74 Å². The summed E-state index contributed by atoms with van der Waals surface area (Å²) in [7, 11) is 0. The van der Waals surface area contributed by atoms with Crippen LogP contribution in [0, 0.1) is 28.6 Å². The van der Waals surface area contributed by atoms with Crippen molar-refractivity contribution in [3.8, 4) is 0 Å². The minimum atomic E-state index is -2.30. The maximum atomic E-state index is 17.1. The predicted molar refractivity (Wildman–Crippen MR) is 110 cm³/mol. The molecule has 4 aliphatic rings. The Bertz CT molecular complexity index is 945. The van der Waals surface area contributed by atoms with Crippen LogP contribution in [-0.4, -0.2) is 51.5 Å². The molecule has 1 unspecified atom stereocenters. The molecule has 9 atom stereocenters. The molecule has 4 rings (SSSR count). The minimum absolute atomic E-state index is 0.0133. The molecular weight excluding hydrogens is 422 g/mol. The van der Waals surface area contributed by atoms with E-state index in [-0.39, 0.29) is 31.3 Å². The molecule has 6 nitrogen and oxygen atoms in total. The van der Waals surface area contributed by atoms with Crippen LogP contribution in [-0.2, 0) is 19.1 Å². The van der Waals surface area contributed by atoms with Crippen molar-refractivity contribution < 1.29 is 38.1 Å². The Morgan fingerprint density at radius 2 is 1.91 bits per heavy atom. The average Bonchev–Trinajstić information content (AvgIpc) is 2.93. The van der Waals surface area contributed by atoms with Gasteiger partial charge in [0.05, 0.1) is 6.10 Å². The number of rotatable bonds is 3. The number of carbonyl (C=O) groups is 3. The van der Waals surface area contributed by atoms with E-state index in [0.717, 1.165) is 6.08 Å². The van der Waals surface area contributed by atoms with Crippen molar-refractivity contribution in [2.75, 3.05) is 0 Å². The fraction of sp³-hybridized carbons (Fsp3) is 0.708. The smallest absolute Gasteiger partial charge is 0.349 e. The molecule has 3 fully saturated rings. The molecule has 0 saturated heterocycles. The number of esters is 1. The zero-order valence-corrected chi connectivity index (χ0v) is 18.7. The van der Waals surface area contributed by atoms with Gasteiger partial charge in [-0.15, -0.1) is 0 Å². The quantitative estimate of drug-likeness (QED) is 0.637. The van der Waals surface area contributed by atoms with Gasteiger partial charge < -0.3 is 14.9 Å². The molecule has 0 aromatic rings. The molecule has 32 heavy (non-hydrogen) atoms. The monoisotopic (exact) mass is 452 g/mol. The van der Waals surface area contributed by atoms with Crippen molar-refractivity contribution in [2.24, 2.45) is 28.6 Å². The van der Waals surface area contributed by atoms with Crippen LogP contribution in [0.1, 0.15) is 53.4 Å². The van der Waals surface area contributed by atoms with Gasteiger partial charge in [-0.3, -0.25) is 9.59 Å². The maximum Gasteiger partial charge on any atom is 0.349 e. The molecule has 0 amide bonds. The second-order valence-electron chi connectivity index (χ2n) is 10.4. The van der Waals surface area contributed by atoms with Crippen LogP contribution in [0.25, 0.3) is 0 Å². The van der Waals surface area contributed by atoms with E-state index in [2.05, 4.69) is 0 Å². The van der Waals surface area contributed by atoms with Crippen molar-refractivity contribution in [2.45, 2.75) is 76.9 Å². The summed E-state index contributed by atoms with van der Waals surface area (Å²) in [6, 6.07) is 0. The van der Waals surface area contributed by atoms with Crippen molar-refractivity contribution in [3.05, 3.63) is 23.8 Å². The van der Waals surface area contributed by atoms with Gasteiger partial charge in [0, 0.05) is 29.1 Å². The molecule has 0 bridgehead atoms. The number of hydrogen-bond acceptors (Lipinski definition) is 5. The second-order valence-corrected chi connectivity index (χ2v) is 10.4. The summed E-state index contributed by atoms with van der Waals surface area (Å²) in [5.41, 5.74) is -7.07. The van der Waals surface area contributed by atoms with Gasteiger partial charge in [-0.1, -0.05) is 26.8 Å². The Morgan fingerprint density at radius 1 is 1.25 bits per heavy atom. The molecule has 8 heteroatoms. The first kappa shape index (κ1) is 23.1. The number of aliphatic carboxylic acids is 1. The van der Waals surface area contributed by atoms with E-state index in [1.54, 1.807) is 20.8 Å². The molecule has 0 aliphatic heterocycles. The minimum Gasteiger partial charge on any atom is -0.478 e. The van der Waals surface area contributed by atoms with E-state index >= 15 is 8.78 Å². The molecule has 176 valence electrons. The highest BCUT2D eigenvalue weighted by Crippen LogP contribution is 2.71. The molecule has 4 aliphatic carbocycles. The van der Waals surface area contributed by atoms with Gasteiger partial charge in [-0.05, 0) is 49.8 Å². The number of aliphatic hydroxyl groups excluding tert-OH is 1. The molecule has 0 spiro atoms. The van der Waals surface area contributed by atoms with Crippen LogP contribution in [0.15, 0.2) is 23.8 Å². The fourth-order valence-electron chi connectivity index (χ4n) is 7.49. The van der Waals surface area contributed by atoms with Gasteiger partial charge in [0.25, 0.3) is 0 Å². The van der Waals surface area contributed by atoms with E-state index in [0.29, 0.717) is 0 Å².